The monoisotopic (exact) mass is 482 g/mol. The molecule has 1 unspecified atom stereocenters. The van der Waals surface area contributed by atoms with E-state index in [0.29, 0.717) is 23.9 Å². The van der Waals surface area contributed by atoms with E-state index in [0.717, 1.165) is 10.0 Å². The number of carbonyl (C=O) groups excluding carboxylic acids is 1. The molecule has 0 spiro atoms. The lowest BCUT2D eigenvalue weighted by atomic mass is 9.76. The first-order valence-corrected chi connectivity index (χ1v) is 10.2. The third-order valence-electron chi connectivity index (χ3n) is 5.03. The molecule has 2 aromatic carbocycles. The summed E-state index contributed by atoms with van der Waals surface area (Å²) in [5.74, 6) is -0.242. The van der Waals surface area contributed by atoms with Crippen molar-refractivity contribution in [2.75, 3.05) is 5.32 Å². The zero-order chi connectivity index (χ0) is 22.2. The first-order valence-electron chi connectivity index (χ1n) is 9.40. The van der Waals surface area contributed by atoms with Crippen LogP contribution in [0, 0.1) is 5.41 Å². The molecule has 1 atom stereocenters. The summed E-state index contributed by atoms with van der Waals surface area (Å²) in [5, 5.41) is 13.2. The van der Waals surface area contributed by atoms with Gasteiger partial charge in [-0.3, -0.25) is 9.79 Å². The van der Waals surface area contributed by atoms with Gasteiger partial charge >= 0.3 is 6.18 Å². The quantitative estimate of drug-likeness (QED) is 0.526. The van der Waals surface area contributed by atoms with Crippen LogP contribution in [0.15, 0.2) is 51.9 Å². The van der Waals surface area contributed by atoms with Crippen LogP contribution in [0.4, 0.5) is 24.5 Å². The number of aliphatic imine (C=N–C) groups is 1. The molecule has 1 aliphatic heterocycles. The molecular weight excluding hydrogens is 461 g/mol. The van der Waals surface area contributed by atoms with Gasteiger partial charge in [-0.05, 0) is 41.5 Å². The maximum Gasteiger partial charge on any atom is 0.422 e. The summed E-state index contributed by atoms with van der Waals surface area (Å²) in [6.07, 6.45) is -4.45. The second-order valence-corrected chi connectivity index (χ2v) is 9.18. The summed E-state index contributed by atoms with van der Waals surface area (Å²) in [7, 11) is 0. The molecule has 8 heteroatoms. The molecule has 3 rings (SSSR count). The molecule has 0 aromatic heterocycles. The average molecular weight is 483 g/mol. The molecule has 4 nitrogen and oxygen atoms in total. The number of fused-ring (bicyclic) bond motifs is 1. The lowest BCUT2D eigenvalue weighted by molar-refractivity contribution is -0.237. The Balaban J connectivity index is 1.89. The molecule has 30 heavy (non-hydrogen) atoms. The number of para-hydroxylation sites is 1. The molecule has 1 aliphatic rings. The topological polar surface area (TPSA) is 61.7 Å². The third-order valence-corrected chi connectivity index (χ3v) is 5.80. The van der Waals surface area contributed by atoms with E-state index in [1.807, 2.05) is 24.3 Å². The Morgan fingerprint density at radius 3 is 2.53 bits per heavy atom. The summed E-state index contributed by atoms with van der Waals surface area (Å²) in [6, 6.07) is 12.1. The van der Waals surface area contributed by atoms with Crippen molar-refractivity contribution >= 4 is 39.4 Å². The van der Waals surface area contributed by atoms with Crippen LogP contribution in [-0.4, -0.2) is 29.0 Å². The minimum Gasteiger partial charge on any atom is -0.376 e. The molecule has 1 amide bonds. The number of anilines is 1. The van der Waals surface area contributed by atoms with Gasteiger partial charge in [0.25, 0.3) is 0 Å². The number of hydrogen-bond donors (Lipinski definition) is 2. The van der Waals surface area contributed by atoms with Gasteiger partial charge in [0.2, 0.25) is 5.91 Å². The highest BCUT2D eigenvalue weighted by atomic mass is 79.9. The standard InChI is InChI=1S/C22H22BrF3N2O2/c1-20(2,11-15-6-3-4-8-16(15)23)12-21(30,22(24,25)26)13-27-17-9-5-7-14-10-18(29)28-19(14)17/h3-9,13,30H,10-12H2,1-2H3,(H,28,29). The van der Waals surface area contributed by atoms with Crippen molar-refractivity contribution in [2.45, 2.75) is 44.9 Å². The van der Waals surface area contributed by atoms with E-state index in [1.165, 1.54) is 6.07 Å². The van der Waals surface area contributed by atoms with Gasteiger partial charge in [0, 0.05) is 10.7 Å². The fourth-order valence-corrected chi connectivity index (χ4v) is 4.11. The Morgan fingerprint density at radius 2 is 1.87 bits per heavy atom. The normalized spacial score (nSPS) is 16.4. The number of nitrogens with one attached hydrogen (secondary N) is 1. The van der Waals surface area contributed by atoms with Gasteiger partial charge in [-0.2, -0.15) is 13.2 Å². The number of amides is 1. The minimum absolute atomic E-state index is 0.154. The highest BCUT2D eigenvalue weighted by Gasteiger charge is 2.55. The van der Waals surface area contributed by atoms with Crippen molar-refractivity contribution in [3.63, 3.8) is 0 Å². The van der Waals surface area contributed by atoms with Crippen LogP contribution in [0.5, 0.6) is 0 Å². The van der Waals surface area contributed by atoms with Gasteiger partial charge < -0.3 is 10.4 Å². The maximum absolute atomic E-state index is 13.9. The van der Waals surface area contributed by atoms with Gasteiger partial charge in [-0.15, -0.1) is 0 Å². The van der Waals surface area contributed by atoms with E-state index < -0.39 is 23.6 Å². The lowest BCUT2D eigenvalue weighted by Crippen LogP contribution is -2.50. The SMILES string of the molecule is CC(C)(Cc1ccccc1Br)CC(O)(C=Nc1cccc2c1NC(=O)C2)C(F)(F)F. The van der Waals surface area contributed by atoms with Crippen LogP contribution in [0.1, 0.15) is 31.4 Å². The van der Waals surface area contributed by atoms with Crippen molar-refractivity contribution in [3.05, 3.63) is 58.1 Å². The second kappa shape index (κ2) is 8.15. The Bertz CT molecular complexity index is 989. The number of alkyl halides is 3. The van der Waals surface area contributed by atoms with Crippen molar-refractivity contribution in [1.82, 2.24) is 0 Å². The molecule has 2 N–H and O–H groups in total. The zero-order valence-corrected chi connectivity index (χ0v) is 18.1. The largest absolute Gasteiger partial charge is 0.422 e. The van der Waals surface area contributed by atoms with Crippen LogP contribution in [0.2, 0.25) is 0 Å². The zero-order valence-electron chi connectivity index (χ0n) is 16.6. The van der Waals surface area contributed by atoms with Gasteiger partial charge in [0.15, 0.2) is 5.60 Å². The molecule has 160 valence electrons. The van der Waals surface area contributed by atoms with Crippen molar-refractivity contribution in [1.29, 1.82) is 0 Å². The van der Waals surface area contributed by atoms with Gasteiger partial charge in [0.1, 0.15) is 0 Å². The van der Waals surface area contributed by atoms with E-state index in [9.17, 15) is 23.1 Å². The number of hydrogen-bond acceptors (Lipinski definition) is 3. The van der Waals surface area contributed by atoms with E-state index in [1.54, 1.807) is 26.0 Å². The van der Waals surface area contributed by atoms with Crippen molar-refractivity contribution < 1.29 is 23.1 Å². The summed E-state index contributed by atoms with van der Waals surface area (Å²) < 4.78 is 42.4. The van der Waals surface area contributed by atoms with Gasteiger partial charge in [-0.25, -0.2) is 0 Å². The number of benzene rings is 2. The van der Waals surface area contributed by atoms with Gasteiger partial charge in [-0.1, -0.05) is 60.1 Å². The van der Waals surface area contributed by atoms with E-state index >= 15 is 0 Å². The molecule has 1 heterocycles. The molecule has 0 radical (unpaired) electrons. The molecule has 0 bridgehead atoms. The molecular formula is C22H22BrF3N2O2. The minimum atomic E-state index is -4.91. The van der Waals surface area contributed by atoms with Crippen LogP contribution < -0.4 is 5.32 Å². The van der Waals surface area contributed by atoms with Crippen LogP contribution in [-0.2, 0) is 17.6 Å². The number of aliphatic hydroxyl groups is 1. The Labute approximate surface area is 181 Å². The number of halogens is 4. The number of nitrogens with zero attached hydrogens (tertiary/aromatic N) is 1. The summed E-state index contributed by atoms with van der Waals surface area (Å²) in [5.41, 5.74) is -1.91. The molecule has 0 aliphatic carbocycles. The lowest BCUT2D eigenvalue weighted by Gasteiger charge is -2.35. The molecule has 0 saturated heterocycles. The predicted molar refractivity (Wildman–Crippen MR) is 114 cm³/mol. The number of rotatable bonds is 6. The third kappa shape index (κ3) is 4.92. The molecule has 2 aromatic rings. The fraction of sp³-hybridized carbons (Fsp3) is 0.364. The summed E-state index contributed by atoms with van der Waals surface area (Å²) in [6.45, 7) is 3.36. The average Bonchev–Trinajstić information content (AvgIpc) is 3.01. The number of carbonyl (C=O) groups is 1. The van der Waals surface area contributed by atoms with E-state index in [-0.39, 0.29) is 18.0 Å². The first-order chi connectivity index (χ1) is 13.9. The van der Waals surface area contributed by atoms with Crippen LogP contribution >= 0.6 is 15.9 Å². The maximum atomic E-state index is 13.9. The smallest absolute Gasteiger partial charge is 0.376 e. The Morgan fingerprint density at radius 1 is 1.17 bits per heavy atom. The fourth-order valence-electron chi connectivity index (χ4n) is 3.69. The highest BCUT2D eigenvalue weighted by Crippen LogP contribution is 2.42. The summed E-state index contributed by atoms with van der Waals surface area (Å²) >= 11 is 3.42. The van der Waals surface area contributed by atoms with E-state index in [4.69, 9.17) is 0 Å². The molecule has 0 saturated carbocycles. The predicted octanol–water partition coefficient (Wildman–Crippen LogP) is 5.60. The first kappa shape index (κ1) is 22.5. The Hall–Kier alpha value is -2.19. The van der Waals surface area contributed by atoms with Crippen LogP contribution in [0.25, 0.3) is 0 Å². The highest BCUT2D eigenvalue weighted by molar-refractivity contribution is 9.10. The van der Waals surface area contributed by atoms with Gasteiger partial charge in [0.05, 0.1) is 17.8 Å². The van der Waals surface area contributed by atoms with Crippen molar-refractivity contribution in [3.8, 4) is 0 Å². The summed E-state index contributed by atoms with van der Waals surface area (Å²) in [4.78, 5) is 15.5. The molecule has 0 fully saturated rings. The van der Waals surface area contributed by atoms with Crippen LogP contribution in [0.3, 0.4) is 0 Å². The van der Waals surface area contributed by atoms with E-state index in [2.05, 4.69) is 26.2 Å². The van der Waals surface area contributed by atoms with Crippen molar-refractivity contribution in [2.24, 2.45) is 10.4 Å². The Kier molecular flexibility index (Phi) is 6.11. The second-order valence-electron chi connectivity index (χ2n) is 8.33.